The van der Waals surface area contributed by atoms with E-state index >= 15 is 0 Å². The van der Waals surface area contributed by atoms with Crippen LogP contribution in [0.4, 0.5) is 0 Å². The molecule has 160 valence electrons. The molecule has 2 aromatic carbocycles. The molecule has 2 rings (SSSR count). The fourth-order valence-corrected chi connectivity index (χ4v) is 3.14. The maximum Gasteiger partial charge on any atom is 0.166 e. The third-order valence-electron chi connectivity index (χ3n) is 4.98. The van der Waals surface area contributed by atoms with E-state index in [1.54, 1.807) is 6.07 Å². The van der Waals surface area contributed by atoms with Crippen molar-refractivity contribution in [2.75, 3.05) is 0 Å². The summed E-state index contributed by atoms with van der Waals surface area (Å²) in [7, 11) is 0. The predicted molar refractivity (Wildman–Crippen MR) is 118 cm³/mol. The first-order valence-electron chi connectivity index (χ1n) is 10.1. The van der Waals surface area contributed by atoms with E-state index in [4.69, 9.17) is 0 Å². The Balaban J connectivity index is 2.09. The Morgan fingerprint density at radius 3 is 2.23 bits per heavy atom. The standard InChI is InChI=1S/C25H30O5/c1-16(2)5-4-6-17(3)7-10-19-22(27)14-11-20(25(19)30)21(26)12-8-18-9-13-23(28)24(29)15-18/h5,7,9,11,13-15,27-30H,4,6,8,10,12H2,1-3H3. The zero-order valence-electron chi connectivity index (χ0n) is 17.8. The average Bonchev–Trinajstić information content (AvgIpc) is 2.68. The minimum atomic E-state index is -0.259. The van der Waals surface area contributed by atoms with Crippen molar-refractivity contribution < 1.29 is 25.2 Å². The largest absolute Gasteiger partial charge is 0.508 e. The van der Waals surface area contributed by atoms with E-state index in [-0.39, 0.29) is 40.8 Å². The first-order valence-corrected chi connectivity index (χ1v) is 10.1. The van der Waals surface area contributed by atoms with E-state index < -0.39 is 0 Å². The van der Waals surface area contributed by atoms with Crippen LogP contribution in [0.5, 0.6) is 23.0 Å². The predicted octanol–water partition coefficient (Wildman–Crippen LogP) is 5.56. The number of carbonyl (C=O) groups excluding carboxylic acids is 1. The van der Waals surface area contributed by atoms with E-state index in [1.807, 2.05) is 13.0 Å². The Morgan fingerprint density at radius 2 is 1.57 bits per heavy atom. The number of Topliss-reactive ketones (excluding diaryl/α,β-unsaturated/α-hetero) is 1. The number of aryl methyl sites for hydroxylation is 1. The molecular weight excluding hydrogens is 380 g/mol. The Hall–Kier alpha value is -3.21. The van der Waals surface area contributed by atoms with E-state index in [9.17, 15) is 25.2 Å². The Labute approximate surface area is 177 Å². The Bertz CT molecular complexity index is 966. The van der Waals surface area contributed by atoms with Crippen molar-refractivity contribution in [1.29, 1.82) is 0 Å². The maximum atomic E-state index is 12.6. The van der Waals surface area contributed by atoms with Crippen LogP contribution < -0.4 is 0 Å². The van der Waals surface area contributed by atoms with Gasteiger partial charge in [0.05, 0.1) is 5.56 Å². The molecule has 0 aliphatic heterocycles. The van der Waals surface area contributed by atoms with Crippen molar-refractivity contribution in [3.05, 3.63) is 70.3 Å². The summed E-state index contributed by atoms with van der Waals surface area (Å²) in [6.07, 6.45) is 6.77. The van der Waals surface area contributed by atoms with Gasteiger partial charge in [-0.05, 0) is 76.3 Å². The number of rotatable bonds is 9. The number of carbonyl (C=O) groups is 1. The third-order valence-corrected chi connectivity index (χ3v) is 4.98. The summed E-state index contributed by atoms with van der Waals surface area (Å²) in [6.45, 7) is 6.12. The number of hydrogen-bond acceptors (Lipinski definition) is 5. The molecule has 4 N–H and O–H groups in total. The Morgan fingerprint density at radius 1 is 0.867 bits per heavy atom. The molecule has 5 nitrogen and oxygen atoms in total. The highest BCUT2D eigenvalue weighted by molar-refractivity contribution is 5.99. The smallest absolute Gasteiger partial charge is 0.166 e. The van der Waals surface area contributed by atoms with Gasteiger partial charge in [-0.1, -0.05) is 29.4 Å². The molecule has 0 amide bonds. The number of hydrogen-bond donors (Lipinski definition) is 4. The number of phenolic OH excluding ortho intramolecular Hbond substituents is 4. The van der Waals surface area contributed by atoms with Gasteiger partial charge in [0.15, 0.2) is 17.3 Å². The lowest BCUT2D eigenvalue weighted by Gasteiger charge is -2.11. The first-order chi connectivity index (χ1) is 14.2. The van der Waals surface area contributed by atoms with Crippen LogP contribution in [0, 0.1) is 0 Å². The second-order valence-electron chi connectivity index (χ2n) is 7.78. The molecule has 0 saturated heterocycles. The normalized spacial score (nSPS) is 11.4. The highest BCUT2D eigenvalue weighted by Gasteiger charge is 2.17. The Kier molecular flexibility index (Phi) is 8.10. The topological polar surface area (TPSA) is 98.0 Å². The van der Waals surface area contributed by atoms with E-state index in [0.29, 0.717) is 24.0 Å². The fourth-order valence-electron chi connectivity index (χ4n) is 3.14. The van der Waals surface area contributed by atoms with Gasteiger partial charge in [0.2, 0.25) is 0 Å². The summed E-state index contributed by atoms with van der Waals surface area (Å²) in [5.41, 5.74) is 3.63. The molecule has 0 spiro atoms. The summed E-state index contributed by atoms with van der Waals surface area (Å²) >= 11 is 0. The molecule has 30 heavy (non-hydrogen) atoms. The average molecular weight is 411 g/mol. The van der Waals surface area contributed by atoms with Gasteiger partial charge in [0, 0.05) is 12.0 Å². The molecule has 0 atom stereocenters. The summed E-state index contributed by atoms with van der Waals surface area (Å²) in [5.74, 6) is -0.940. The van der Waals surface area contributed by atoms with Crippen LogP contribution in [0.25, 0.3) is 0 Å². The maximum absolute atomic E-state index is 12.6. The van der Waals surface area contributed by atoms with Gasteiger partial charge in [-0.3, -0.25) is 4.79 Å². The monoisotopic (exact) mass is 410 g/mol. The molecule has 0 saturated carbocycles. The van der Waals surface area contributed by atoms with Crippen molar-refractivity contribution >= 4 is 5.78 Å². The van der Waals surface area contributed by atoms with Crippen LogP contribution in [0.2, 0.25) is 0 Å². The zero-order valence-corrected chi connectivity index (χ0v) is 17.8. The molecule has 0 aliphatic carbocycles. The zero-order chi connectivity index (χ0) is 22.3. The lowest BCUT2D eigenvalue weighted by Crippen LogP contribution is -2.03. The molecule has 0 aromatic heterocycles. The molecule has 5 heteroatoms. The summed E-state index contributed by atoms with van der Waals surface area (Å²) in [6, 6.07) is 7.27. The van der Waals surface area contributed by atoms with Crippen molar-refractivity contribution in [3.63, 3.8) is 0 Å². The second kappa shape index (κ2) is 10.5. The highest BCUT2D eigenvalue weighted by Crippen LogP contribution is 2.33. The van der Waals surface area contributed by atoms with Crippen molar-refractivity contribution in [2.24, 2.45) is 0 Å². The van der Waals surface area contributed by atoms with Crippen LogP contribution in [0.15, 0.2) is 53.6 Å². The number of phenols is 4. The molecule has 0 heterocycles. The number of aromatic hydroxyl groups is 4. The van der Waals surface area contributed by atoms with E-state index in [1.165, 1.54) is 29.8 Å². The molecule has 0 radical (unpaired) electrons. The van der Waals surface area contributed by atoms with Crippen LogP contribution >= 0.6 is 0 Å². The quantitative estimate of drug-likeness (QED) is 0.246. The molecule has 0 fully saturated rings. The van der Waals surface area contributed by atoms with Gasteiger partial charge in [-0.15, -0.1) is 0 Å². The minimum absolute atomic E-state index is 0.0409. The lowest BCUT2D eigenvalue weighted by molar-refractivity contribution is 0.0980. The molecular formula is C25H30O5. The lowest BCUT2D eigenvalue weighted by atomic mass is 9.97. The number of benzene rings is 2. The van der Waals surface area contributed by atoms with Gasteiger partial charge in [0.1, 0.15) is 11.5 Å². The van der Waals surface area contributed by atoms with Crippen LogP contribution in [-0.4, -0.2) is 26.2 Å². The van der Waals surface area contributed by atoms with Gasteiger partial charge in [-0.25, -0.2) is 0 Å². The summed E-state index contributed by atoms with van der Waals surface area (Å²) in [5, 5.41) is 39.7. The minimum Gasteiger partial charge on any atom is -0.508 e. The van der Waals surface area contributed by atoms with Gasteiger partial charge in [0.25, 0.3) is 0 Å². The molecule has 0 bridgehead atoms. The number of ketones is 1. The summed E-state index contributed by atoms with van der Waals surface area (Å²) in [4.78, 5) is 12.6. The van der Waals surface area contributed by atoms with Gasteiger partial charge >= 0.3 is 0 Å². The first kappa shape index (κ1) is 23.1. The second-order valence-corrected chi connectivity index (χ2v) is 7.78. The molecule has 2 aromatic rings. The van der Waals surface area contributed by atoms with Crippen LogP contribution in [0.1, 0.15) is 61.5 Å². The van der Waals surface area contributed by atoms with Crippen molar-refractivity contribution in [1.82, 2.24) is 0 Å². The van der Waals surface area contributed by atoms with Gasteiger partial charge in [-0.2, -0.15) is 0 Å². The fraction of sp³-hybridized carbons (Fsp3) is 0.320. The van der Waals surface area contributed by atoms with Crippen molar-refractivity contribution in [3.8, 4) is 23.0 Å². The van der Waals surface area contributed by atoms with E-state index in [2.05, 4.69) is 19.9 Å². The van der Waals surface area contributed by atoms with Crippen molar-refractivity contribution in [2.45, 2.75) is 52.9 Å². The summed E-state index contributed by atoms with van der Waals surface area (Å²) < 4.78 is 0. The van der Waals surface area contributed by atoms with Gasteiger partial charge < -0.3 is 20.4 Å². The van der Waals surface area contributed by atoms with E-state index in [0.717, 1.165) is 18.4 Å². The third kappa shape index (κ3) is 6.41. The number of allylic oxidation sites excluding steroid dienone is 4. The SMILES string of the molecule is CC(C)=CCCC(C)=CCc1c(O)ccc(C(=O)CCc2ccc(O)c(O)c2)c1O. The highest BCUT2D eigenvalue weighted by atomic mass is 16.3. The molecule has 0 aliphatic rings. The van der Waals surface area contributed by atoms with Crippen LogP contribution in [0.3, 0.4) is 0 Å². The van der Waals surface area contributed by atoms with Crippen LogP contribution in [-0.2, 0) is 12.8 Å². The molecule has 0 unspecified atom stereocenters.